The maximum Gasteiger partial charge on any atom is 0.0147 e. The molecule has 0 radical (unpaired) electrons. The van der Waals surface area contributed by atoms with Crippen molar-refractivity contribution in [3.05, 3.63) is 11.3 Å². The van der Waals surface area contributed by atoms with Gasteiger partial charge in [0.05, 0.1) is 0 Å². The van der Waals surface area contributed by atoms with E-state index in [0.717, 1.165) is 0 Å². The first-order chi connectivity index (χ1) is 5.47. The van der Waals surface area contributed by atoms with Gasteiger partial charge in [0, 0.05) is 12.2 Å². The highest BCUT2D eigenvalue weighted by atomic mass is 14.9. The number of hydrogen-bond acceptors (Lipinski definition) is 1. The average Bonchev–Trinajstić information content (AvgIpc) is 2.58. The van der Waals surface area contributed by atoms with Crippen LogP contribution >= 0.6 is 0 Å². The standard InChI is InChI=1S/C10H17N/c1-2-5-9(6-3-1)10-7-4-8-11-10/h11H,1-8H2. The van der Waals surface area contributed by atoms with Crippen LogP contribution in [0.25, 0.3) is 0 Å². The van der Waals surface area contributed by atoms with Gasteiger partial charge in [0.15, 0.2) is 0 Å². The molecule has 0 aromatic rings. The second-order valence-corrected chi connectivity index (χ2v) is 3.67. The van der Waals surface area contributed by atoms with Crippen molar-refractivity contribution in [3.8, 4) is 0 Å². The summed E-state index contributed by atoms with van der Waals surface area (Å²) in [4.78, 5) is 0. The zero-order valence-electron chi connectivity index (χ0n) is 7.16. The fraction of sp³-hybridized carbons (Fsp3) is 0.800. The molecule has 0 bridgehead atoms. The summed E-state index contributed by atoms with van der Waals surface area (Å²) in [6.07, 6.45) is 9.76. The van der Waals surface area contributed by atoms with Crippen LogP contribution < -0.4 is 5.32 Å². The maximum absolute atomic E-state index is 3.51. The first kappa shape index (κ1) is 7.20. The lowest BCUT2D eigenvalue weighted by Gasteiger charge is -2.16. The molecule has 0 unspecified atom stereocenters. The monoisotopic (exact) mass is 151 g/mol. The van der Waals surface area contributed by atoms with E-state index in [-0.39, 0.29) is 0 Å². The Morgan fingerprint density at radius 1 is 0.818 bits per heavy atom. The van der Waals surface area contributed by atoms with E-state index in [0.29, 0.717) is 0 Å². The highest BCUT2D eigenvalue weighted by molar-refractivity contribution is 5.16. The van der Waals surface area contributed by atoms with E-state index in [1.165, 1.54) is 51.5 Å². The molecule has 1 heteroatoms. The Morgan fingerprint density at radius 2 is 1.64 bits per heavy atom. The summed E-state index contributed by atoms with van der Waals surface area (Å²) in [5.74, 6) is 0. The van der Waals surface area contributed by atoms with Crippen molar-refractivity contribution < 1.29 is 0 Å². The zero-order valence-corrected chi connectivity index (χ0v) is 7.16. The fourth-order valence-corrected chi connectivity index (χ4v) is 2.17. The minimum Gasteiger partial charge on any atom is -0.388 e. The lowest BCUT2D eigenvalue weighted by Crippen LogP contribution is -2.08. The maximum atomic E-state index is 3.51. The lowest BCUT2D eigenvalue weighted by molar-refractivity contribution is 0.587. The largest absolute Gasteiger partial charge is 0.388 e. The van der Waals surface area contributed by atoms with E-state index >= 15 is 0 Å². The van der Waals surface area contributed by atoms with E-state index < -0.39 is 0 Å². The zero-order chi connectivity index (χ0) is 7.52. The van der Waals surface area contributed by atoms with Crippen molar-refractivity contribution in [2.45, 2.75) is 44.9 Å². The van der Waals surface area contributed by atoms with Crippen LogP contribution in [-0.2, 0) is 0 Å². The summed E-state index contributed by atoms with van der Waals surface area (Å²) in [6, 6.07) is 0. The SMILES string of the molecule is C1CCC(=C2CCCN2)CC1. The van der Waals surface area contributed by atoms with Crippen molar-refractivity contribution in [3.63, 3.8) is 0 Å². The van der Waals surface area contributed by atoms with Gasteiger partial charge >= 0.3 is 0 Å². The Balaban J connectivity index is 2.03. The van der Waals surface area contributed by atoms with Crippen LogP contribution in [0.3, 0.4) is 0 Å². The van der Waals surface area contributed by atoms with Gasteiger partial charge in [-0.3, -0.25) is 0 Å². The Bertz CT molecular complexity index is 154. The Hall–Kier alpha value is -0.460. The normalized spacial score (nSPS) is 25.5. The van der Waals surface area contributed by atoms with Crippen molar-refractivity contribution in [2.75, 3.05) is 6.54 Å². The van der Waals surface area contributed by atoms with E-state index in [4.69, 9.17) is 0 Å². The van der Waals surface area contributed by atoms with E-state index in [9.17, 15) is 0 Å². The predicted octanol–water partition coefficient (Wildman–Crippen LogP) is 2.59. The summed E-state index contributed by atoms with van der Waals surface area (Å²) in [5.41, 5.74) is 3.35. The molecule has 1 aliphatic heterocycles. The molecule has 2 fully saturated rings. The van der Waals surface area contributed by atoms with E-state index in [2.05, 4.69) is 5.32 Å². The highest BCUT2D eigenvalue weighted by Gasteiger charge is 2.13. The minimum absolute atomic E-state index is 1.22. The number of rotatable bonds is 0. The van der Waals surface area contributed by atoms with Gasteiger partial charge in [0.2, 0.25) is 0 Å². The molecule has 62 valence electrons. The van der Waals surface area contributed by atoms with Crippen LogP contribution in [0.5, 0.6) is 0 Å². The fourth-order valence-electron chi connectivity index (χ4n) is 2.17. The highest BCUT2D eigenvalue weighted by Crippen LogP contribution is 2.27. The Kier molecular flexibility index (Phi) is 2.16. The molecule has 0 atom stereocenters. The molecule has 1 N–H and O–H groups in total. The summed E-state index contributed by atoms with van der Waals surface area (Å²) in [6.45, 7) is 1.22. The molecule has 1 saturated heterocycles. The van der Waals surface area contributed by atoms with Crippen LogP contribution in [0.4, 0.5) is 0 Å². The molecule has 0 amide bonds. The van der Waals surface area contributed by atoms with Crippen LogP contribution in [0.2, 0.25) is 0 Å². The van der Waals surface area contributed by atoms with Crippen molar-refractivity contribution in [1.82, 2.24) is 5.32 Å². The topological polar surface area (TPSA) is 12.0 Å². The first-order valence-corrected chi connectivity index (χ1v) is 4.91. The van der Waals surface area contributed by atoms with Crippen molar-refractivity contribution in [2.24, 2.45) is 0 Å². The number of allylic oxidation sites excluding steroid dienone is 2. The summed E-state index contributed by atoms with van der Waals surface area (Å²) < 4.78 is 0. The molecule has 1 heterocycles. The molecule has 0 aromatic carbocycles. The van der Waals surface area contributed by atoms with Gasteiger partial charge in [-0.25, -0.2) is 0 Å². The third-order valence-corrected chi connectivity index (χ3v) is 2.83. The molecule has 1 saturated carbocycles. The summed E-state index contributed by atoms with van der Waals surface area (Å²) >= 11 is 0. The van der Waals surface area contributed by atoms with Gasteiger partial charge in [-0.15, -0.1) is 0 Å². The average molecular weight is 151 g/mol. The van der Waals surface area contributed by atoms with Gasteiger partial charge in [-0.05, 0) is 38.5 Å². The van der Waals surface area contributed by atoms with Gasteiger partial charge in [-0.2, -0.15) is 0 Å². The minimum atomic E-state index is 1.22. The van der Waals surface area contributed by atoms with Crippen molar-refractivity contribution >= 4 is 0 Å². The van der Waals surface area contributed by atoms with Crippen LogP contribution in [0.15, 0.2) is 11.3 Å². The molecule has 1 nitrogen and oxygen atoms in total. The van der Waals surface area contributed by atoms with Crippen molar-refractivity contribution in [1.29, 1.82) is 0 Å². The Labute approximate surface area is 68.9 Å². The second kappa shape index (κ2) is 3.29. The quantitative estimate of drug-likeness (QED) is 0.561. The number of hydrogen-bond donors (Lipinski definition) is 1. The smallest absolute Gasteiger partial charge is 0.0147 e. The van der Waals surface area contributed by atoms with Crippen LogP contribution in [0, 0.1) is 0 Å². The molecular formula is C10H17N. The van der Waals surface area contributed by atoms with Gasteiger partial charge in [0.25, 0.3) is 0 Å². The number of nitrogens with one attached hydrogen (secondary N) is 1. The van der Waals surface area contributed by atoms with E-state index in [1.54, 1.807) is 11.3 Å². The molecule has 1 aliphatic carbocycles. The van der Waals surface area contributed by atoms with Gasteiger partial charge in [-0.1, -0.05) is 12.0 Å². The van der Waals surface area contributed by atoms with Crippen LogP contribution in [0.1, 0.15) is 44.9 Å². The third kappa shape index (κ3) is 1.58. The lowest BCUT2D eigenvalue weighted by atomic mass is 9.93. The molecule has 2 aliphatic rings. The summed E-state index contributed by atoms with van der Waals surface area (Å²) in [5, 5.41) is 3.51. The van der Waals surface area contributed by atoms with E-state index in [1.807, 2.05) is 0 Å². The second-order valence-electron chi connectivity index (χ2n) is 3.67. The van der Waals surface area contributed by atoms with Gasteiger partial charge < -0.3 is 5.32 Å². The third-order valence-electron chi connectivity index (χ3n) is 2.83. The molecule has 11 heavy (non-hydrogen) atoms. The van der Waals surface area contributed by atoms with Crippen LogP contribution in [-0.4, -0.2) is 6.54 Å². The molecule has 2 rings (SSSR count). The Morgan fingerprint density at radius 3 is 2.27 bits per heavy atom. The molecule has 0 spiro atoms. The predicted molar refractivity (Wildman–Crippen MR) is 47.3 cm³/mol. The molecular weight excluding hydrogens is 134 g/mol. The molecule has 0 aromatic heterocycles. The summed E-state index contributed by atoms with van der Waals surface area (Å²) in [7, 11) is 0. The first-order valence-electron chi connectivity index (χ1n) is 4.91. The van der Waals surface area contributed by atoms with Gasteiger partial charge in [0.1, 0.15) is 0 Å².